The number of rotatable bonds is 5. The maximum Gasteiger partial charge on any atom is 0.241 e. The predicted molar refractivity (Wildman–Crippen MR) is 131 cm³/mol. The Bertz CT molecular complexity index is 1140. The molecule has 184 valence electrons. The summed E-state index contributed by atoms with van der Waals surface area (Å²) in [5.74, 6) is -0.931. The molecule has 2 aliphatic heterocycles. The normalized spacial score (nSPS) is 25.5. The van der Waals surface area contributed by atoms with E-state index in [0.29, 0.717) is 18.7 Å². The first-order valence-corrected chi connectivity index (χ1v) is 12.8. The van der Waals surface area contributed by atoms with Crippen LogP contribution in [0.3, 0.4) is 0 Å². The van der Waals surface area contributed by atoms with E-state index in [9.17, 15) is 18.8 Å². The first-order chi connectivity index (χ1) is 16.9. The largest absolute Gasteiger partial charge is 0.342 e. The molecule has 2 heterocycles. The van der Waals surface area contributed by atoms with Gasteiger partial charge >= 0.3 is 0 Å². The van der Waals surface area contributed by atoms with Crippen molar-refractivity contribution in [2.24, 2.45) is 0 Å². The number of amides is 3. The van der Waals surface area contributed by atoms with E-state index in [1.54, 1.807) is 12.1 Å². The molecule has 5 rings (SSSR count). The van der Waals surface area contributed by atoms with E-state index in [-0.39, 0.29) is 42.5 Å². The van der Waals surface area contributed by atoms with Gasteiger partial charge in [0.2, 0.25) is 17.7 Å². The zero-order chi connectivity index (χ0) is 24.6. The van der Waals surface area contributed by atoms with E-state index in [4.69, 9.17) is 0 Å². The van der Waals surface area contributed by atoms with Crippen LogP contribution in [0.1, 0.15) is 74.0 Å². The molecule has 0 spiro atoms. The van der Waals surface area contributed by atoms with E-state index in [2.05, 4.69) is 19.1 Å². The first-order valence-electron chi connectivity index (χ1n) is 12.8. The molecular weight excluding hydrogens is 443 g/mol. The number of carbonyl (C=O) groups is 3. The summed E-state index contributed by atoms with van der Waals surface area (Å²) in [5, 5.41) is 0. The van der Waals surface area contributed by atoms with Crippen LogP contribution in [0.2, 0.25) is 0 Å². The second-order valence-electron chi connectivity index (χ2n) is 10.5. The fourth-order valence-corrected chi connectivity index (χ4v) is 6.42. The lowest BCUT2D eigenvalue weighted by atomic mass is 9.75. The average Bonchev–Trinajstić information content (AvgIpc) is 3.46. The number of halogens is 1. The van der Waals surface area contributed by atoms with Gasteiger partial charge in [-0.15, -0.1) is 0 Å². The Labute approximate surface area is 206 Å². The molecule has 35 heavy (non-hydrogen) atoms. The third kappa shape index (κ3) is 4.39. The molecule has 2 unspecified atom stereocenters. The highest BCUT2D eigenvalue weighted by Crippen LogP contribution is 2.43. The van der Waals surface area contributed by atoms with Crippen LogP contribution in [0.4, 0.5) is 4.39 Å². The number of hydrogen-bond acceptors (Lipinski definition) is 3. The third-order valence-corrected chi connectivity index (χ3v) is 8.27. The number of carbonyl (C=O) groups excluding carboxylic acids is 3. The Hall–Kier alpha value is -3.02. The molecular formula is C29H33FN2O3. The van der Waals surface area contributed by atoms with Crippen LogP contribution >= 0.6 is 0 Å². The smallest absolute Gasteiger partial charge is 0.241 e. The topological polar surface area (TPSA) is 57.7 Å². The summed E-state index contributed by atoms with van der Waals surface area (Å²) in [6.45, 7) is 3.32. The van der Waals surface area contributed by atoms with E-state index >= 15 is 0 Å². The Kier molecular flexibility index (Phi) is 6.47. The maximum absolute atomic E-state index is 14.3. The van der Waals surface area contributed by atoms with Crippen LogP contribution in [-0.4, -0.2) is 46.7 Å². The maximum atomic E-state index is 14.3. The van der Waals surface area contributed by atoms with E-state index in [1.165, 1.54) is 28.2 Å². The molecule has 0 radical (unpaired) electrons. The Balaban J connectivity index is 1.43. The summed E-state index contributed by atoms with van der Waals surface area (Å²) in [6.07, 6.45) is 5.29. The number of piperidine rings is 1. The monoisotopic (exact) mass is 476 g/mol. The van der Waals surface area contributed by atoms with Gasteiger partial charge in [0.25, 0.3) is 0 Å². The molecule has 0 bridgehead atoms. The minimum atomic E-state index is -1.34. The van der Waals surface area contributed by atoms with Crippen molar-refractivity contribution in [1.82, 2.24) is 9.80 Å². The van der Waals surface area contributed by atoms with Crippen LogP contribution in [-0.2, 0) is 19.8 Å². The van der Waals surface area contributed by atoms with Crippen LogP contribution < -0.4 is 0 Å². The van der Waals surface area contributed by atoms with Gasteiger partial charge in [0.1, 0.15) is 5.82 Å². The van der Waals surface area contributed by atoms with Crippen molar-refractivity contribution < 1.29 is 18.8 Å². The third-order valence-electron chi connectivity index (χ3n) is 8.27. The number of aryl methyl sites for hydroxylation is 1. The SMILES string of the molecule is Cc1ccccc1C1CCCN(C(=O)CC2(c3cccc(F)c3)CC(=O)N(C3CCCC3)C2=O)C1. The molecule has 1 saturated carbocycles. The van der Waals surface area contributed by atoms with E-state index in [1.807, 2.05) is 17.0 Å². The molecule has 0 N–H and O–H groups in total. The van der Waals surface area contributed by atoms with Crippen molar-refractivity contribution in [3.63, 3.8) is 0 Å². The van der Waals surface area contributed by atoms with Gasteiger partial charge < -0.3 is 4.90 Å². The summed E-state index contributed by atoms with van der Waals surface area (Å²) in [4.78, 5) is 44.0. The second kappa shape index (κ2) is 9.56. The summed E-state index contributed by atoms with van der Waals surface area (Å²) in [6, 6.07) is 14.1. The number of imide groups is 1. The van der Waals surface area contributed by atoms with E-state index in [0.717, 1.165) is 38.5 Å². The van der Waals surface area contributed by atoms with Gasteiger partial charge in [-0.1, -0.05) is 49.2 Å². The van der Waals surface area contributed by atoms with Gasteiger partial charge in [0.05, 0.1) is 5.41 Å². The molecule has 3 aliphatic rings. The molecule has 2 atom stereocenters. The quantitative estimate of drug-likeness (QED) is 0.579. The van der Waals surface area contributed by atoms with Gasteiger partial charge in [0, 0.05) is 37.9 Å². The minimum absolute atomic E-state index is 0.0768. The van der Waals surface area contributed by atoms with Gasteiger partial charge in [-0.25, -0.2) is 4.39 Å². The molecule has 5 nitrogen and oxygen atoms in total. The summed E-state index contributed by atoms with van der Waals surface area (Å²) in [5.41, 5.74) is 1.56. The lowest BCUT2D eigenvalue weighted by molar-refractivity contribution is -0.145. The van der Waals surface area contributed by atoms with E-state index < -0.39 is 11.2 Å². The standard InChI is InChI=1S/C29H33FN2O3/c1-20-8-2-5-14-25(20)21-9-7-15-31(19-21)26(33)17-29(22-10-6-11-23(30)16-22)18-27(34)32(28(29)35)24-12-3-4-13-24/h2,5-6,8,10-11,14,16,21,24H,3-4,7,9,12-13,15,17-19H2,1H3. The van der Waals surface area contributed by atoms with Crippen LogP contribution in [0.5, 0.6) is 0 Å². The van der Waals surface area contributed by atoms with Crippen LogP contribution in [0.25, 0.3) is 0 Å². The van der Waals surface area contributed by atoms with Crippen LogP contribution in [0.15, 0.2) is 48.5 Å². The summed E-state index contributed by atoms with van der Waals surface area (Å²) >= 11 is 0. The Morgan fingerprint density at radius 3 is 2.54 bits per heavy atom. The van der Waals surface area contributed by atoms with Crippen LogP contribution in [0, 0.1) is 12.7 Å². The van der Waals surface area contributed by atoms with Gasteiger partial charge in [-0.3, -0.25) is 19.3 Å². The number of nitrogens with zero attached hydrogens (tertiary/aromatic N) is 2. The Morgan fingerprint density at radius 1 is 1.03 bits per heavy atom. The van der Waals surface area contributed by atoms with Gasteiger partial charge in [0.15, 0.2) is 0 Å². The molecule has 0 aromatic heterocycles. The molecule has 3 amide bonds. The summed E-state index contributed by atoms with van der Waals surface area (Å²) < 4.78 is 14.3. The van der Waals surface area contributed by atoms with Crippen molar-refractivity contribution in [2.45, 2.75) is 75.7 Å². The minimum Gasteiger partial charge on any atom is -0.342 e. The lowest BCUT2D eigenvalue weighted by Gasteiger charge is -2.36. The fourth-order valence-electron chi connectivity index (χ4n) is 6.42. The highest BCUT2D eigenvalue weighted by Gasteiger charge is 2.56. The highest BCUT2D eigenvalue weighted by atomic mass is 19.1. The molecule has 3 fully saturated rings. The fraction of sp³-hybridized carbons (Fsp3) is 0.483. The summed E-state index contributed by atoms with van der Waals surface area (Å²) in [7, 11) is 0. The van der Waals surface area contributed by atoms with Crippen molar-refractivity contribution in [3.8, 4) is 0 Å². The zero-order valence-corrected chi connectivity index (χ0v) is 20.3. The molecule has 1 aliphatic carbocycles. The zero-order valence-electron chi connectivity index (χ0n) is 20.3. The lowest BCUT2D eigenvalue weighted by Crippen LogP contribution is -2.47. The van der Waals surface area contributed by atoms with Crippen molar-refractivity contribution in [3.05, 3.63) is 71.0 Å². The van der Waals surface area contributed by atoms with Crippen molar-refractivity contribution >= 4 is 17.7 Å². The number of hydrogen-bond donors (Lipinski definition) is 0. The highest BCUT2D eigenvalue weighted by molar-refractivity contribution is 6.11. The number of benzene rings is 2. The Morgan fingerprint density at radius 2 is 1.80 bits per heavy atom. The van der Waals surface area contributed by atoms with Crippen molar-refractivity contribution in [1.29, 1.82) is 0 Å². The average molecular weight is 477 g/mol. The number of likely N-dealkylation sites (tertiary alicyclic amines) is 2. The van der Waals surface area contributed by atoms with Gasteiger partial charge in [-0.2, -0.15) is 0 Å². The first kappa shape index (κ1) is 23.7. The molecule has 2 aromatic carbocycles. The van der Waals surface area contributed by atoms with Crippen molar-refractivity contribution in [2.75, 3.05) is 13.1 Å². The molecule has 2 aromatic rings. The predicted octanol–water partition coefficient (Wildman–Crippen LogP) is 4.87. The molecule has 2 saturated heterocycles. The van der Waals surface area contributed by atoms with Gasteiger partial charge in [-0.05, 0) is 61.4 Å². The molecule has 6 heteroatoms. The second-order valence-corrected chi connectivity index (χ2v) is 10.5.